The molecular formula is C105H160F10N12O3P2Si. The minimum Gasteiger partial charge on any atom is -0.395 e. The fourth-order valence-corrected chi connectivity index (χ4v) is 18.9. The highest BCUT2D eigenvalue weighted by Crippen LogP contribution is 2.42. The zero-order chi connectivity index (χ0) is 99.8. The number of aliphatic hydroxyl groups is 1. The van der Waals surface area contributed by atoms with E-state index in [9.17, 15) is 53.0 Å². The average molecular weight is 1920 g/mol. The molecule has 6 heterocycles. The zero-order valence-electron chi connectivity index (χ0n) is 85.4. The molecule has 0 radical (unpaired) electrons. The van der Waals surface area contributed by atoms with Crippen molar-refractivity contribution < 1.29 is 58.1 Å². The first-order valence-electron chi connectivity index (χ1n) is 47.0. The van der Waals surface area contributed by atoms with Crippen LogP contribution in [0.15, 0.2) is 147 Å². The van der Waals surface area contributed by atoms with Gasteiger partial charge >= 0.3 is 18.5 Å². The van der Waals surface area contributed by atoms with E-state index >= 15 is 0 Å². The van der Waals surface area contributed by atoms with Gasteiger partial charge in [0.25, 0.3) is 0 Å². The number of rotatable bonds is 20. The third-order valence-corrected chi connectivity index (χ3v) is 29.9. The summed E-state index contributed by atoms with van der Waals surface area (Å²) < 4.78 is 163. The van der Waals surface area contributed by atoms with Crippen molar-refractivity contribution in [3.63, 3.8) is 0 Å². The molecule has 4 saturated heterocycles. The van der Waals surface area contributed by atoms with Gasteiger partial charge in [0.05, 0.1) is 51.2 Å². The van der Waals surface area contributed by atoms with Crippen molar-refractivity contribution >= 4 is 32.8 Å². The molecule has 0 bridgehead atoms. The first-order valence-corrected chi connectivity index (χ1v) is 55.9. The largest absolute Gasteiger partial charge is 0.416 e. The van der Waals surface area contributed by atoms with Crippen LogP contribution in [0.3, 0.4) is 0 Å². The summed E-state index contributed by atoms with van der Waals surface area (Å²) in [7, 11) is 0.725. The Labute approximate surface area is 793 Å². The first kappa shape index (κ1) is 113. The smallest absolute Gasteiger partial charge is 0.395 e. The normalized spacial score (nSPS) is 17.0. The monoisotopic (exact) mass is 1920 g/mol. The van der Waals surface area contributed by atoms with E-state index in [1.54, 1.807) is 55.3 Å². The van der Waals surface area contributed by atoms with Crippen LogP contribution in [0, 0.1) is 5.82 Å². The van der Waals surface area contributed by atoms with Gasteiger partial charge in [-0.15, -0.1) is 0 Å². The van der Waals surface area contributed by atoms with Gasteiger partial charge in [-0.3, -0.25) is 24.5 Å². The molecule has 133 heavy (non-hydrogen) atoms. The van der Waals surface area contributed by atoms with Crippen molar-refractivity contribution in [2.24, 2.45) is 0 Å². The van der Waals surface area contributed by atoms with Crippen molar-refractivity contribution in [2.45, 2.75) is 247 Å². The molecule has 4 aliphatic rings. The van der Waals surface area contributed by atoms with E-state index in [0.29, 0.717) is 67.2 Å². The summed E-state index contributed by atoms with van der Waals surface area (Å²) in [5.74, 6) is -0.174. The molecule has 0 unspecified atom stereocenters. The van der Waals surface area contributed by atoms with E-state index < -0.39 is 57.6 Å². The van der Waals surface area contributed by atoms with Gasteiger partial charge in [0.1, 0.15) is 13.0 Å². The Kier molecular flexibility index (Phi) is 40.0. The molecule has 8 aromatic rings. The van der Waals surface area contributed by atoms with Crippen molar-refractivity contribution in [1.29, 1.82) is 0 Å². The van der Waals surface area contributed by atoms with E-state index in [2.05, 4.69) is 199 Å². The number of nitrogens with zero attached hydrogens (tertiary/aromatic N) is 12. The summed E-state index contributed by atoms with van der Waals surface area (Å²) in [6.07, 6.45) is -0.127. The quantitative estimate of drug-likeness (QED) is 0.0444. The molecular weight excluding hydrogens is 1760 g/mol. The Morgan fingerprint density at radius 3 is 1.15 bits per heavy atom. The molecule has 0 spiro atoms. The molecule has 4 fully saturated rings. The second kappa shape index (κ2) is 46.9. The highest BCUT2D eigenvalue weighted by atomic mass is 31.2. The van der Waals surface area contributed by atoms with Crippen LogP contribution in [0.4, 0.5) is 43.9 Å². The number of halogens is 10. The maximum atomic E-state index is 13.6. The van der Waals surface area contributed by atoms with Gasteiger partial charge < -0.3 is 38.1 Å². The van der Waals surface area contributed by atoms with Gasteiger partial charge in [0.2, 0.25) is 0 Å². The van der Waals surface area contributed by atoms with Crippen LogP contribution in [0.2, 0.25) is 19.6 Å². The third kappa shape index (κ3) is 38.2. The molecule has 2 aromatic heterocycles. The lowest BCUT2D eigenvalue weighted by Gasteiger charge is -2.35. The summed E-state index contributed by atoms with van der Waals surface area (Å²) in [6.45, 7) is 69.4. The number of likely N-dealkylation sites (N-methyl/N-ethyl adjacent to an activating group) is 2. The van der Waals surface area contributed by atoms with E-state index in [-0.39, 0.29) is 44.9 Å². The lowest BCUT2D eigenvalue weighted by Crippen LogP contribution is -2.46. The summed E-state index contributed by atoms with van der Waals surface area (Å²) in [5.41, 5.74) is 8.72. The van der Waals surface area contributed by atoms with Crippen molar-refractivity contribution in [3.05, 3.63) is 236 Å². The highest BCUT2D eigenvalue weighted by molar-refractivity contribution is 7.70. The fourth-order valence-electron chi connectivity index (χ4n) is 16.0. The first-order chi connectivity index (χ1) is 61.0. The van der Waals surface area contributed by atoms with Gasteiger partial charge in [-0.2, -0.15) is 39.5 Å². The van der Waals surface area contributed by atoms with Crippen LogP contribution in [0.5, 0.6) is 0 Å². The van der Waals surface area contributed by atoms with Gasteiger partial charge in [0, 0.05) is 186 Å². The second-order valence-corrected chi connectivity index (χ2v) is 57.2. The van der Waals surface area contributed by atoms with Crippen LogP contribution in [0.25, 0.3) is 0 Å². The summed E-state index contributed by atoms with van der Waals surface area (Å²) in [4.78, 5) is 25.9. The number of benzene rings is 6. The molecule has 28 heteroatoms. The van der Waals surface area contributed by atoms with E-state index in [1.165, 1.54) is 46.5 Å². The third-order valence-electron chi connectivity index (χ3n) is 25.1. The number of hydrogen-bond acceptors (Lipinski definition) is 13. The molecule has 12 rings (SSSR count). The van der Waals surface area contributed by atoms with Gasteiger partial charge in [-0.05, 0) is 202 Å². The molecule has 0 aliphatic carbocycles. The predicted octanol–water partition coefficient (Wildman–Crippen LogP) is 22.1. The van der Waals surface area contributed by atoms with Crippen LogP contribution in [0.1, 0.15) is 214 Å². The number of β-amino-alcohol motifs (C(OH)–C–C–N with tert-alkyl or cyclic N) is 1. The van der Waals surface area contributed by atoms with Gasteiger partial charge in [-0.1, -0.05) is 210 Å². The van der Waals surface area contributed by atoms with Gasteiger partial charge in [0.15, 0.2) is 0 Å². The summed E-state index contributed by atoms with van der Waals surface area (Å²) in [5, 5.41) is 11.5. The molecule has 4 aliphatic heterocycles. The zero-order valence-corrected chi connectivity index (χ0v) is 88.2. The average Bonchev–Trinajstić information content (AvgIpc) is 1.12. The molecule has 6 aromatic carbocycles. The van der Waals surface area contributed by atoms with E-state index in [0.717, 1.165) is 145 Å². The van der Waals surface area contributed by atoms with Gasteiger partial charge in [-0.25, -0.2) is 14.4 Å². The molecule has 1 N–H and O–H groups in total. The van der Waals surface area contributed by atoms with Crippen molar-refractivity contribution in [3.8, 4) is 0 Å². The number of piperazine rings is 3. The van der Waals surface area contributed by atoms with Crippen LogP contribution < -0.4 is 10.5 Å². The Balaban J connectivity index is 0.000000219. The Hall–Kier alpha value is -6.64. The Bertz CT molecular complexity index is 4970. The van der Waals surface area contributed by atoms with Crippen molar-refractivity contribution in [1.82, 2.24) is 58.3 Å². The lowest BCUT2D eigenvalue weighted by atomic mass is 9.85. The number of aromatic nitrogens is 4. The molecule has 1 atom stereocenters. The number of hydrogen-bond donors (Lipinski definition) is 1. The summed E-state index contributed by atoms with van der Waals surface area (Å²) >= 11 is 0. The lowest BCUT2D eigenvalue weighted by molar-refractivity contribution is -0.139. The second-order valence-electron chi connectivity index (χ2n) is 45.4. The molecule has 15 nitrogen and oxygen atoms in total. The topological polar surface area (TPSA) is 116 Å². The number of imidazole rings is 2. The fraction of sp³-hybridized carbons (Fsp3) is 0.600. The van der Waals surface area contributed by atoms with Crippen LogP contribution in [-0.2, 0) is 99.4 Å². The highest BCUT2D eigenvalue weighted by Gasteiger charge is 2.39. The Morgan fingerprint density at radius 1 is 0.406 bits per heavy atom. The van der Waals surface area contributed by atoms with Crippen LogP contribution in [-0.4, -0.2) is 243 Å². The van der Waals surface area contributed by atoms with E-state index in [1.807, 2.05) is 123 Å². The molecule has 0 amide bonds. The minimum absolute atomic E-state index is 0.0359. The molecule has 742 valence electrons. The number of likely N-dealkylation sites (tertiary alicyclic amines) is 1. The van der Waals surface area contributed by atoms with Crippen molar-refractivity contribution in [2.75, 3.05) is 165 Å². The maximum absolute atomic E-state index is 13.6. The van der Waals surface area contributed by atoms with E-state index in [4.69, 9.17) is 5.11 Å². The molecule has 0 saturated carbocycles. The number of alkyl halides is 9. The van der Waals surface area contributed by atoms with Crippen LogP contribution >= 0.6 is 14.3 Å². The Morgan fingerprint density at radius 2 is 0.774 bits per heavy atom. The number of aliphatic hydroxyl groups excluding tert-OH is 1. The SMILES string of the molecule is CC(C)(C)c1cc(Cn2ccnc2)cc([Si](C)(C)C)c1.CC(C)(C)c1cc(F)cc(Cn2ccnc2)c1.CC(C)(C)c1ccc(CN2CCN(CCO)CC2)c(C(F)(F)F)c1.CC(C)(C)c1ccc(CN2CCN(CCP(C)(C)=O)CC2)c(C(F)(F)F)c1.CN(C)[C@@H]1CCN(Cc2cc(C(C)(C)C)cc(C(F)(F)F)c2)C1.CN1CCN(Cc2cc(C(C)(C)C)cc(P(C)(C)=O)c2)CC1. The summed E-state index contributed by atoms with van der Waals surface area (Å²) in [6, 6.07) is 33.5. The maximum Gasteiger partial charge on any atom is 0.416 e. The standard InChI is InChI=1S/C20H32F3N2OP.C18H27F3N2O.C18H27F3N2.C18H31N2OP.C17H26N2Si.C14H17FN2/c1-19(2,3)17-7-6-16(18(14-17)20(21,22)23)15-25-10-8-24(9-11-25)12-13-27(4,5)26;1-17(2,3)15-5-4-14(16(12-15)18(19,20)21)13-23-8-6-22(7-9-23)10-11-24;1-17(2,3)14-8-13(9-15(10-14)18(19,20)21)11-23-7-6-16(12-23)22(4)5;1-18(2,3)16-11-15(12-17(13-16)22(5,6)21)14-20-9-7-19(4)8-10-20;1-17(2,3)15-9-14(12-19-8-7-18-13-19)10-16(11-15)20(4,5)6;1-14(2,3)12-6-11(7-13(15)8-12)9-17-5-4-16-10-17/h6-7,14H,8-13,15H2,1-5H3;4-5,12,24H,6-11,13H2,1-3H3;8-10,16H,6-7,11-12H2,1-5H3;11-13H,7-10,14H2,1-6H3;7-11,13H,12H2,1-6H3;4-8,10H,9H2,1-3H3/t;;16-;;;/m..1.../s1. The minimum atomic E-state index is -4.35. The predicted molar refractivity (Wildman–Crippen MR) is 536 cm³/mol.